The average Bonchev–Trinajstić information content (AvgIpc) is 3.28. The number of carbonyl (C=O) groups excluding carboxylic acids is 1. The number of aromatic nitrogens is 2. The van der Waals surface area contributed by atoms with Crippen LogP contribution in [0.15, 0.2) is 42.7 Å². The van der Waals surface area contributed by atoms with Crippen LogP contribution >= 0.6 is 0 Å². The quantitative estimate of drug-likeness (QED) is 0.705. The highest BCUT2D eigenvalue weighted by atomic mass is 32.2. The Morgan fingerprint density at radius 3 is 2.14 bits per heavy atom. The van der Waals surface area contributed by atoms with Crippen molar-refractivity contribution in [1.29, 1.82) is 0 Å². The molecule has 4 rings (SSSR count). The minimum absolute atomic E-state index is 0.104. The molecule has 3 heterocycles. The van der Waals surface area contributed by atoms with Gasteiger partial charge in [-0.3, -0.25) is 4.79 Å². The molecule has 156 valence electrons. The number of para-hydroxylation sites is 1. The first kappa shape index (κ1) is 20.0. The zero-order valence-electron chi connectivity index (χ0n) is 16.5. The maximum Gasteiger partial charge on any atom is 0.282 e. The van der Waals surface area contributed by atoms with Crippen LogP contribution in [0.1, 0.15) is 10.4 Å². The van der Waals surface area contributed by atoms with E-state index >= 15 is 0 Å². The standard InChI is InChI=1S/C19H26N6O3S/c1-21-9-13-23(14-10-21)29(27,28)24-15-11-22(12-16-24)19(26)17-5-2-3-6-18(17)25-8-4-7-20-25/h2-8H,9-16H2,1H3. The highest BCUT2D eigenvalue weighted by Crippen LogP contribution is 2.19. The monoisotopic (exact) mass is 418 g/mol. The predicted octanol–water partition coefficient (Wildman–Crippen LogP) is 0.122. The van der Waals surface area contributed by atoms with Crippen molar-refractivity contribution in [2.75, 3.05) is 59.4 Å². The molecule has 1 aromatic heterocycles. The Kier molecular flexibility index (Phi) is 5.68. The first-order chi connectivity index (χ1) is 14.0. The molecule has 0 radical (unpaired) electrons. The van der Waals surface area contributed by atoms with Crippen LogP contribution in [0.25, 0.3) is 5.69 Å². The van der Waals surface area contributed by atoms with Crippen molar-refractivity contribution in [1.82, 2.24) is 28.2 Å². The maximum atomic E-state index is 13.1. The summed E-state index contributed by atoms with van der Waals surface area (Å²) in [6, 6.07) is 9.15. The summed E-state index contributed by atoms with van der Waals surface area (Å²) in [6.07, 6.45) is 3.47. The number of nitrogens with zero attached hydrogens (tertiary/aromatic N) is 6. The van der Waals surface area contributed by atoms with Crippen LogP contribution < -0.4 is 0 Å². The van der Waals surface area contributed by atoms with Gasteiger partial charge in [0.15, 0.2) is 0 Å². The molecular weight excluding hydrogens is 392 g/mol. The van der Waals surface area contributed by atoms with Crippen LogP contribution in [-0.2, 0) is 10.2 Å². The van der Waals surface area contributed by atoms with Crippen LogP contribution in [0.4, 0.5) is 0 Å². The van der Waals surface area contributed by atoms with Gasteiger partial charge in [-0.25, -0.2) is 4.68 Å². The molecule has 29 heavy (non-hydrogen) atoms. The van der Waals surface area contributed by atoms with Gasteiger partial charge < -0.3 is 9.80 Å². The van der Waals surface area contributed by atoms with E-state index in [4.69, 9.17) is 0 Å². The Morgan fingerprint density at radius 1 is 0.897 bits per heavy atom. The van der Waals surface area contributed by atoms with Gasteiger partial charge in [0.05, 0.1) is 11.3 Å². The van der Waals surface area contributed by atoms with E-state index in [9.17, 15) is 13.2 Å². The lowest BCUT2D eigenvalue weighted by Gasteiger charge is -2.39. The molecule has 0 spiro atoms. The zero-order chi connectivity index (χ0) is 20.4. The minimum atomic E-state index is -3.48. The summed E-state index contributed by atoms with van der Waals surface area (Å²) in [5.74, 6) is -0.104. The van der Waals surface area contributed by atoms with Gasteiger partial charge in [-0.15, -0.1) is 0 Å². The van der Waals surface area contributed by atoms with Crippen molar-refractivity contribution in [2.24, 2.45) is 0 Å². The van der Waals surface area contributed by atoms with Crippen molar-refractivity contribution < 1.29 is 13.2 Å². The third kappa shape index (κ3) is 4.06. The Bertz CT molecular complexity index is 946. The molecule has 2 aliphatic heterocycles. The second-order valence-corrected chi connectivity index (χ2v) is 9.30. The second kappa shape index (κ2) is 8.23. The van der Waals surface area contributed by atoms with Crippen molar-refractivity contribution in [3.63, 3.8) is 0 Å². The molecule has 0 atom stereocenters. The molecule has 10 heteroatoms. The van der Waals surface area contributed by atoms with Gasteiger partial charge in [-0.05, 0) is 25.2 Å². The third-order valence-corrected chi connectivity index (χ3v) is 7.56. The summed E-state index contributed by atoms with van der Waals surface area (Å²) >= 11 is 0. The number of piperazine rings is 2. The van der Waals surface area contributed by atoms with Crippen LogP contribution in [0.2, 0.25) is 0 Å². The summed E-state index contributed by atoms with van der Waals surface area (Å²) in [6.45, 7) is 3.86. The molecular formula is C19H26N6O3S. The Hall–Kier alpha value is -2.27. The fraction of sp³-hybridized carbons (Fsp3) is 0.474. The summed E-state index contributed by atoms with van der Waals surface area (Å²) in [7, 11) is -1.48. The van der Waals surface area contributed by atoms with Crippen LogP contribution in [-0.4, -0.2) is 102 Å². The van der Waals surface area contributed by atoms with Gasteiger partial charge in [-0.2, -0.15) is 22.1 Å². The summed E-state index contributed by atoms with van der Waals surface area (Å²) < 4.78 is 30.6. The fourth-order valence-electron chi connectivity index (χ4n) is 3.74. The number of carbonyl (C=O) groups is 1. The van der Waals surface area contributed by atoms with E-state index < -0.39 is 10.2 Å². The Morgan fingerprint density at radius 2 is 1.52 bits per heavy atom. The normalized spacial score (nSPS) is 20.1. The highest BCUT2D eigenvalue weighted by molar-refractivity contribution is 7.86. The molecule has 2 aromatic rings. The number of hydrogen-bond acceptors (Lipinski definition) is 5. The Labute approximate surface area is 171 Å². The predicted molar refractivity (Wildman–Crippen MR) is 109 cm³/mol. The molecule has 0 unspecified atom stereocenters. The number of likely N-dealkylation sites (N-methyl/N-ethyl adjacent to an activating group) is 1. The van der Waals surface area contributed by atoms with E-state index in [1.165, 1.54) is 4.31 Å². The SMILES string of the molecule is CN1CCN(S(=O)(=O)N2CCN(C(=O)c3ccccc3-n3cccn3)CC2)CC1. The summed E-state index contributed by atoms with van der Waals surface area (Å²) in [5.41, 5.74) is 1.28. The Balaban J connectivity index is 1.43. The molecule has 2 aliphatic rings. The number of rotatable bonds is 4. The van der Waals surface area contributed by atoms with E-state index in [1.807, 2.05) is 31.3 Å². The van der Waals surface area contributed by atoms with Gasteiger partial charge in [0, 0.05) is 64.8 Å². The molecule has 0 N–H and O–H groups in total. The molecule has 1 aromatic carbocycles. The summed E-state index contributed by atoms with van der Waals surface area (Å²) in [4.78, 5) is 17.0. The maximum absolute atomic E-state index is 13.1. The smallest absolute Gasteiger partial charge is 0.282 e. The zero-order valence-corrected chi connectivity index (χ0v) is 17.3. The number of benzene rings is 1. The third-order valence-electron chi connectivity index (χ3n) is 5.53. The van der Waals surface area contributed by atoms with Crippen molar-refractivity contribution in [3.8, 4) is 5.69 Å². The topological polar surface area (TPSA) is 82.0 Å². The van der Waals surface area contributed by atoms with Gasteiger partial charge >= 0.3 is 0 Å². The van der Waals surface area contributed by atoms with Crippen LogP contribution in [0, 0.1) is 0 Å². The van der Waals surface area contributed by atoms with Gasteiger partial charge in [0.2, 0.25) is 0 Å². The van der Waals surface area contributed by atoms with Gasteiger partial charge in [-0.1, -0.05) is 12.1 Å². The van der Waals surface area contributed by atoms with E-state index in [0.717, 1.165) is 18.8 Å². The molecule has 2 fully saturated rings. The van der Waals surface area contributed by atoms with E-state index in [2.05, 4.69) is 10.00 Å². The van der Waals surface area contributed by atoms with Crippen LogP contribution in [0.5, 0.6) is 0 Å². The van der Waals surface area contributed by atoms with Gasteiger partial charge in [0.25, 0.3) is 16.1 Å². The minimum Gasteiger partial charge on any atom is -0.336 e. The molecule has 1 amide bonds. The summed E-state index contributed by atoms with van der Waals surface area (Å²) in [5, 5.41) is 4.23. The molecule has 2 saturated heterocycles. The second-order valence-electron chi connectivity index (χ2n) is 7.37. The molecule has 9 nitrogen and oxygen atoms in total. The van der Waals surface area contributed by atoms with Crippen molar-refractivity contribution >= 4 is 16.1 Å². The van der Waals surface area contributed by atoms with E-state index in [1.54, 1.807) is 32.3 Å². The number of hydrogen-bond donors (Lipinski definition) is 0. The lowest BCUT2D eigenvalue weighted by Crippen LogP contribution is -2.57. The molecule has 0 bridgehead atoms. The van der Waals surface area contributed by atoms with Gasteiger partial charge in [0.1, 0.15) is 0 Å². The lowest BCUT2D eigenvalue weighted by molar-refractivity contribution is 0.0692. The largest absolute Gasteiger partial charge is 0.336 e. The van der Waals surface area contributed by atoms with Crippen molar-refractivity contribution in [3.05, 3.63) is 48.3 Å². The van der Waals surface area contributed by atoms with Crippen molar-refractivity contribution in [2.45, 2.75) is 0 Å². The first-order valence-electron chi connectivity index (χ1n) is 9.79. The van der Waals surface area contributed by atoms with E-state index in [0.29, 0.717) is 44.8 Å². The molecule has 0 saturated carbocycles. The lowest BCUT2D eigenvalue weighted by atomic mass is 10.1. The molecule has 0 aliphatic carbocycles. The first-order valence-corrected chi connectivity index (χ1v) is 11.2. The van der Waals surface area contributed by atoms with E-state index in [-0.39, 0.29) is 5.91 Å². The number of amides is 1. The highest BCUT2D eigenvalue weighted by Gasteiger charge is 2.35. The average molecular weight is 419 g/mol. The van der Waals surface area contributed by atoms with Crippen LogP contribution in [0.3, 0.4) is 0 Å². The fourth-order valence-corrected chi connectivity index (χ4v) is 5.32.